The molecule has 2 rings (SSSR count). The van der Waals surface area contributed by atoms with E-state index in [1.54, 1.807) is 50.2 Å². The standard InChI is InChI=1S/C21H23ClN2O3/c1-14(25)16-5-4-6-18(13-16)24-20(27)21(2,3)19(26)23-12-11-15-7-9-17(22)10-8-15/h4-10,13H,11-12H2,1-3H3,(H,23,26)(H,24,27). The van der Waals surface area contributed by atoms with E-state index in [4.69, 9.17) is 11.6 Å². The molecule has 0 aromatic heterocycles. The van der Waals surface area contributed by atoms with E-state index in [-0.39, 0.29) is 11.7 Å². The van der Waals surface area contributed by atoms with Gasteiger partial charge in [0.25, 0.3) is 0 Å². The van der Waals surface area contributed by atoms with Crippen LogP contribution in [-0.2, 0) is 16.0 Å². The number of hydrogen-bond donors (Lipinski definition) is 2. The molecule has 0 aliphatic rings. The summed E-state index contributed by atoms with van der Waals surface area (Å²) in [5, 5.41) is 6.16. The molecular formula is C21H23ClN2O3. The molecule has 0 aliphatic carbocycles. The van der Waals surface area contributed by atoms with Crippen molar-refractivity contribution in [2.24, 2.45) is 5.41 Å². The van der Waals surface area contributed by atoms with Crippen molar-refractivity contribution in [3.8, 4) is 0 Å². The lowest BCUT2D eigenvalue weighted by atomic mass is 9.90. The number of rotatable bonds is 7. The monoisotopic (exact) mass is 386 g/mol. The van der Waals surface area contributed by atoms with Crippen molar-refractivity contribution in [3.05, 3.63) is 64.7 Å². The Labute approximate surface area is 164 Å². The molecule has 0 fully saturated rings. The number of hydrogen-bond acceptors (Lipinski definition) is 3. The molecular weight excluding hydrogens is 364 g/mol. The van der Waals surface area contributed by atoms with Crippen molar-refractivity contribution in [2.75, 3.05) is 11.9 Å². The highest BCUT2D eigenvalue weighted by Crippen LogP contribution is 2.20. The highest BCUT2D eigenvalue weighted by atomic mass is 35.5. The fourth-order valence-corrected chi connectivity index (χ4v) is 2.52. The number of carbonyl (C=O) groups excluding carboxylic acids is 3. The molecule has 5 nitrogen and oxygen atoms in total. The second kappa shape index (κ2) is 8.82. The van der Waals surface area contributed by atoms with Crippen LogP contribution in [0.2, 0.25) is 5.02 Å². The first-order chi connectivity index (χ1) is 12.7. The van der Waals surface area contributed by atoms with Crippen LogP contribution in [-0.4, -0.2) is 24.1 Å². The lowest BCUT2D eigenvalue weighted by Gasteiger charge is -2.23. The van der Waals surface area contributed by atoms with E-state index >= 15 is 0 Å². The molecule has 0 spiro atoms. The van der Waals surface area contributed by atoms with Crippen molar-refractivity contribution < 1.29 is 14.4 Å². The minimum absolute atomic E-state index is 0.0923. The highest BCUT2D eigenvalue weighted by Gasteiger charge is 2.35. The number of ketones is 1. The number of amides is 2. The maximum absolute atomic E-state index is 12.6. The number of nitrogens with one attached hydrogen (secondary N) is 2. The lowest BCUT2D eigenvalue weighted by molar-refractivity contribution is -0.138. The Balaban J connectivity index is 1.93. The maximum Gasteiger partial charge on any atom is 0.239 e. The molecule has 0 atom stereocenters. The van der Waals surface area contributed by atoms with E-state index in [0.717, 1.165) is 5.56 Å². The molecule has 2 aromatic rings. The van der Waals surface area contributed by atoms with Crippen LogP contribution >= 0.6 is 11.6 Å². The molecule has 142 valence electrons. The van der Waals surface area contributed by atoms with Crippen molar-refractivity contribution in [1.82, 2.24) is 5.32 Å². The van der Waals surface area contributed by atoms with Crippen LogP contribution in [0.5, 0.6) is 0 Å². The second-order valence-electron chi connectivity index (χ2n) is 6.85. The average Bonchev–Trinajstić information content (AvgIpc) is 2.63. The van der Waals surface area contributed by atoms with Gasteiger partial charge in [-0.1, -0.05) is 35.9 Å². The average molecular weight is 387 g/mol. The van der Waals surface area contributed by atoms with Crippen LogP contribution in [0.15, 0.2) is 48.5 Å². The Morgan fingerprint density at radius 2 is 1.67 bits per heavy atom. The van der Waals surface area contributed by atoms with E-state index in [9.17, 15) is 14.4 Å². The summed E-state index contributed by atoms with van der Waals surface area (Å²) in [6.07, 6.45) is 0.640. The number of Topliss-reactive ketones (excluding diaryl/α,β-unsaturated/α-hetero) is 1. The molecule has 2 N–H and O–H groups in total. The Morgan fingerprint density at radius 3 is 2.30 bits per heavy atom. The summed E-state index contributed by atoms with van der Waals surface area (Å²) in [4.78, 5) is 36.5. The van der Waals surface area contributed by atoms with Gasteiger partial charge in [-0.3, -0.25) is 14.4 Å². The zero-order chi connectivity index (χ0) is 20.0. The van der Waals surface area contributed by atoms with Crippen LogP contribution in [0, 0.1) is 5.41 Å². The summed E-state index contributed by atoms with van der Waals surface area (Å²) < 4.78 is 0. The van der Waals surface area contributed by atoms with Crippen LogP contribution < -0.4 is 10.6 Å². The summed E-state index contributed by atoms with van der Waals surface area (Å²) in [5.74, 6) is -0.894. The van der Waals surface area contributed by atoms with Gasteiger partial charge in [0.2, 0.25) is 11.8 Å². The summed E-state index contributed by atoms with van der Waals surface area (Å²) in [5.41, 5.74) is 0.766. The zero-order valence-corrected chi connectivity index (χ0v) is 16.4. The smallest absolute Gasteiger partial charge is 0.239 e. The SMILES string of the molecule is CC(=O)c1cccc(NC(=O)C(C)(C)C(=O)NCCc2ccc(Cl)cc2)c1. The summed E-state index contributed by atoms with van der Waals surface area (Å²) in [6.45, 7) is 5.00. The minimum atomic E-state index is -1.26. The molecule has 0 unspecified atom stereocenters. The summed E-state index contributed by atoms with van der Waals surface area (Å²) >= 11 is 5.85. The van der Waals surface area contributed by atoms with Crippen LogP contribution in [0.4, 0.5) is 5.69 Å². The molecule has 0 saturated carbocycles. The maximum atomic E-state index is 12.6. The molecule has 6 heteroatoms. The fourth-order valence-electron chi connectivity index (χ4n) is 2.40. The molecule has 2 aromatic carbocycles. The first-order valence-corrected chi connectivity index (χ1v) is 9.03. The highest BCUT2D eigenvalue weighted by molar-refractivity contribution is 6.30. The first-order valence-electron chi connectivity index (χ1n) is 8.65. The number of benzene rings is 2. The summed E-state index contributed by atoms with van der Waals surface area (Å²) in [7, 11) is 0. The fraction of sp³-hybridized carbons (Fsp3) is 0.286. The zero-order valence-electron chi connectivity index (χ0n) is 15.6. The Kier molecular flexibility index (Phi) is 6.75. The van der Waals surface area contributed by atoms with E-state index in [1.807, 2.05) is 12.1 Å². The van der Waals surface area contributed by atoms with Crippen LogP contribution in [0.25, 0.3) is 0 Å². The molecule has 0 heterocycles. The van der Waals surface area contributed by atoms with Crippen molar-refractivity contribution >= 4 is 34.9 Å². The molecule has 27 heavy (non-hydrogen) atoms. The third kappa shape index (κ3) is 5.66. The third-order valence-corrected chi connectivity index (χ3v) is 4.53. The van der Waals surface area contributed by atoms with E-state index < -0.39 is 11.3 Å². The van der Waals surface area contributed by atoms with Gasteiger partial charge in [0.05, 0.1) is 0 Å². The molecule has 2 amide bonds. The van der Waals surface area contributed by atoms with E-state index in [0.29, 0.717) is 29.2 Å². The first kappa shape index (κ1) is 20.6. The second-order valence-corrected chi connectivity index (χ2v) is 7.28. The predicted molar refractivity (Wildman–Crippen MR) is 107 cm³/mol. The number of halogens is 1. The van der Waals surface area contributed by atoms with Gasteiger partial charge in [0, 0.05) is 22.8 Å². The molecule has 0 aliphatic heterocycles. The van der Waals surface area contributed by atoms with Crippen molar-refractivity contribution in [1.29, 1.82) is 0 Å². The summed E-state index contributed by atoms with van der Waals surface area (Å²) in [6, 6.07) is 14.0. The topological polar surface area (TPSA) is 75.3 Å². The normalized spacial score (nSPS) is 11.0. The van der Waals surface area contributed by atoms with Gasteiger partial charge in [-0.25, -0.2) is 0 Å². The van der Waals surface area contributed by atoms with Crippen molar-refractivity contribution in [2.45, 2.75) is 27.2 Å². The van der Waals surface area contributed by atoms with Gasteiger partial charge in [-0.2, -0.15) is 0 Å². The molecule has 0 radical (unpaired) electrons. The largest absolute Gasteiger partial charge is 0.355 e. The van der Waals surface area contributed by atoms with Crippen LogP contribution in [0.1, 0.15) is 36.7 Å². The molecule has 0 saturated heterocycles. The molecule has 0 bridgehead atoms. The Hall–Kier alpha value is -2.66. The Morgan fingerprint density at radius 1 is 1.00 bits per heavy atom. The van der Waals surface area contributed by atoms with Crippen LogP contribution in [0.3, 0.4) is 0 Å². The minimum Gasteiger partial charge on any atom is -0.355 e. The number of anilines is 1. The van der Waals surface area contributed by atoms with Gasteiger partial charge in [0.1, 0.15) is 5.41 Å². The van der Waals surface area contributed by atoms with Crippen molar-refractivity contribution in [3.63, 3.8) is 0 Å². The van der Waals surface area contributed by atoms with Gasteiger partial charge >= 0.3 is 0 Å². The predicted octanol–water partition coefficient (Wildman–Crippen LogP) is 3.87. The Bertz CT molecular complexity index is 845. The van der Waals surface area contributed by atoms with Gasteiger partial charge < -0.3 is 10.6 Å². The van der Waals surface area contributed by atoms with E-state index in [1.165, 1.54) is 6.92 Å². The number of carbonyl (C=O) groups is 3. The van der Waals surface area contributed by atoms with Gasteiger partial charge in [-0.05, 0) is 57.0 Å². The van der Waals surface area contributed by atoms with Gasteiger partial charge in [0.15, 0.2) is 5.78 Å². The quantitative estimate of drug-likeness (QED) is 0.560. The van der Waals surface area contributed by atoms with E-state index in [2.05, 4.69) is 10.6 Å². The van der Waals surface area contributed by atoms with Gasteiger partial charge in [-0.15, -0.1) is 0 Å². The lowest BCUT2D eigenvalue weighted by Crippen LogP contribution is -2.45. The third-order valence-electron chi connectivity index (χ3n) is 4.27.